The summed E-state index contributed by atoms with van der Waals surface area (Å²) < 4.78 is 1.90. The molecule has 1 heterocycles. The maximum atomic E-state index is 5.34. The lowest BCUT2D eigenvalue weighted by molar-refractivity contribution is 0.308. The Bertz CT molecular complexity index is 710. The van der Waals surface area contributed by atoms with Gasteiger partial charge in [0.25, 0.3) is 0 Å². The zero-order chi connectivity index (χ0) is 17.5. The van der Waals surface area contributed by atoms with Gasteiger partial charge in [-0.05, 0) is 36.5 Å². The highest BCUT2D eigenvalue weighted by Crippen LogP contribution is 2.23. The van der Waals surface area contributed by atoms with E-state index in [0.717, 1.165) is 12.1 Å². The van der Waals surface area contributed by atoms with Gasteiger partial charge in [-0.1, -0.05) is 50.1 Å². The van der Waals surface area contributed by atoms with Crippen LogP contribution < -0.4 is 10.7 Å². The van der Waals surface area contributed by atoms with E-state index in [1.807, 2.05) is 29.1 Å². The van der Waals surface area contributed by atoms with Crippen LogP contribution in [0.4, 0.5) is 0 Å². The highest BCUT2D eigenvalue weighted by Gasteiger charge is 2.21. The quantitative estimate of drug-likeness (QED) is 0.491. The van der Waals surface area contributed by atoms with Crippen molar-refractivity contribution in [2.45, 2.75) is 45.2 Å². The van der Waals surface area contributed by atoms with Gasteiger partial charge in [0.05, 0.1) is 19.0 Å². The summed E-state index contributed by atoms with van der Waals surface area (Å²) in [5.74, 6) is 0.661. The fourth-order valence-electron chi connectivity index (χ4n) is 3.20. The van der Waals surface area contributed by atoms with Crippen molar-refractivity contribution in [3.8, 4) is 0 Å². The van der Waals surface area contributed by atoms with Crippen molar-refractivity contribution in [2.24, 2.45) is 11.0 Å². The Morgan fingerprint density at radius 3 is 2.92 bits per heavy atom. The number of aromatic nitrogens is 2. The molecule has 0 saturated heterocycles. The molecule has 1 aromatic carbocycles. The molecule has 0 unspecified atom stereocenters. The van der Waals surface area contributed by atoms with Crippen LogP contribution in [0.15, 0.2) is 47.8 Å². The van der Waals surface area contributed by atoms with E-state index in [0.29, 0.717) is 17.1 Å². The van der Waals surface area contributed by atoms with Gasteiger partial charge in [0.1, 0.15) is 0 Å². The lowest BCUT2D eigenvalue weighted by Gasteiger charge is -2.30. The van der Waals surface area contributed by atoms with E-state index in [9.17, 15) is 0 Å². The Labute approximate surface area is 154 Å². The van der Waals surface area contributed by atoms with Crippen molar-refractivity contribution in [3.63, 3.8) is 0 Å². The van der Waals surface area contributed by atoms with E-state index in [4.69, 9.17) is 12.2 Å². The monoisotopic (exact) mass is 355 g/mol. The zero-order valence-corrected chi connectivity index (χ0v) is 15.4. The number of benzene rings is 1. The molecule has 1 aromatic heterocycles. The van der Waals surface area contributed by atoms with Crippen LogP contribution in [0.1, 0.15) is 43.7 Å². The topological polar surface area (TPSA) is 54.2 Å². The van der Waals surface area contributed by atoms with Crippen LogP contribution in [0, 0.1) is 5.92 Å². The fraction of sp³-hybridized carbons (Fsp3) is 0.421. The van der Waals surface area contributed by atoms with Crippen LogP contribution in [0.3, 0.4) is 0 Å². The predicted molar refractivity (Wildman–Crippen MR) is 106 cm³/mol. The molecule has 3 rings (SSSR count). The van der Waals surface area contributed by atoms with Crippen LogP contribution >= 0.6 is 12.2 Å². The smallest absolute Gasteiger partial charge is 0.187 e. The maximum absolute atomic E-state index is 5.34. The van der Waals surface area contributed by atoms with Crippen molar-refractivity contribution in [2.75, 3.05) is 0 Å². The Morgan fingerprint density at radius 1 is 1.32 bits per heavy atom. The van der Waals surface area contributed by atoms with Crippen LogP contribution in [0.5, 0.6) is 0 Å². The highest BCUT2D eigenvalue weighted by molar-refractivity contribution is 7.80. The molecule has 0 radical (unpaired) electrons. The van der Waals surface area contributed by atoms with Crippen molar-refractivity contribution < 1.29 is 0 Å². The second-order valence-corrected chi connectivity index (χ2v) is 7.08. The molecule has 2 N–H and O–H groups in total. The number of hydrogen-bond acceptors (Lipinski definition) is 3. The molecule has 5 nitrogen and oxygen atoms in total. The Kier molecular flexibility index (Phi) is 6.17. The highest BCUT2D eigenvalue weighted by atomic mass is 32.1. The number of nitrogens with zero attached hydrogens (tertiary/aromatic N) is 3. The second-order valence-electron chi connectivity index (χ2n) is 6.67. The minimum atomic E-state index is 0.456. The van der Waals surface area contributed by atoms with Gasteiger partial charge in [-0.15, -0.1) is 0 Å². The second kappa shape index (κ2) is 8.76. The SMILES string of the molecule is C[C@@H]1CCCC[C@@H]1NC(=S)N/N=C\c1cnn(Cc2ccccc2)c1. The molecular weight excluding hydrogens is 330 g/mol. The summed E-state index contributed by atoms with van der Waals surface area (Å²) in [5, 5.41) is 12.6. The Hall–Kier alpha value is -2.21. The third kappa shape index (κ3) is 5.39. The van der Waals surface area contributed by atoms with Crippen molar-refractivity contribution >= 4 is 23.5 Å². The summed E-state index contributed by atoms with van der Waals surface area (Å²) in [6.07, 6.45) is 10.6. The zero-order valence-electron chi connectivity index (χ0n) is 14.6. The summed E-state index contributed by atoms with van der Waals surface area (Å²) >= 11 is 5.34. The number of nitrogens with one attached hydrogen (secondary N) is 2. The lowest BCUT2D eigenvalue weighted by Crippen LogP contribution is -2.44. The summed E-state index contributed by atoms with van der Waals surface area (Å²) in [6, 6.07) is 10.7. The molecule has 25 heavy (non-hydrogen) atoms. The van der Waals surface area contributed by atoms with Crippen LogP contribution in [-0.4, -0.2) is 27.1 Å². The average Bonchev–Trinajstić information content (AvgIpc) is 3.05. The molecule has 6 heteroatoms. The normalized spacial score (nSPS) is 20.5. The van der Waals surface area contributed by atoms with Gasteiger partial charge in [0.15, 0.2) is 5.11 Å². The molecule has 2 atom stereocenters. The first-order chi connectivity index (χ1) is 12.2. The average molecular weight is 356 g/mol. The standard InChI is InChI=1S/C19H25N5S/c1-15-7-5-6-10-18(15)22-19(25)23-20-11-17-12-21-24(14-17)13-16-8-3-2-4-9-16/h2-4,8-9,11-12,14-15,18H,5-7,10,13H2,1H3,(H2,22,23,25)/b20-11-/t15-,18+/m1/s1. The first-order valence-corrected chi connectivity index (χ1v) is 9.27. The molecule has 2 aromatic rings. The van der Waals surface area contributed by atoms with Crippen molar-refractivity contribution in [1.82, 2.24) is 20.5 Å². The molecule has 0 spiro atoms. The van der Waals surface area contributed by atoms with Crippen molar-refractivity contribution in [1.29, 1.82) is 0 Å². The summed E-state index contributed by atoms with van der Waals surface area (Å²) in [4.78, 5) is 0. The maximum Gasteiger partial charge on any atom is 0.187 e. The molecule has 0 aliphatic heterocycles. The summed E-state index contributed by atoms with van der Waals surface area (Å²) in [6.45, 7) is 3.03. The fourth-order valence-corrected chi connectivity index (χ4v) is 3.40. The minimum Gasteiger partial charge on any atom is -0.358 e. The number of hydrogen-bond donors (Lipinski definition) is 2. The summed E-state index contributed by atoms with van der Waals surface area (Å²) in [5.41, 5.74) is 5.07. The third-order valence-electron chi connectivity index (χ3n) is 4.65. The first-order valence-electron chi connectivity index (χ1n) is 8.86. The molecule has 1 aliphatic rings. The number of hydrazone groups is 1. The molecule has 1 fully saturated rings. The van der Waals surface area contributed by atoms with Gasteiger partial charge in [-0.2, -0.15) is 10.2 Å². The van der Waals surface area contributed by atoms with Gasteiger partial charge in [0.2, 0.25) is 0 Å². The van der Waals surface area contributed by atoms with Crippen LogP contribution in [-0.2, 0) is 6.54 Å². The van der Waals surface area contributed by atoms with Crippen LogP contribution in [0.25, 0.3) is 0 Å². The molecule has 0 amide bonds. The minimum absolute atomic E-state index is 0.456. The largest absolute Gasteiger partial charge is 0.358 e. The molecule has 1 saturated carbocycles. The number of rotatable bonds is 5. The van der Waals surface area contributed by atoms with E-state index >= 15 is 0 Å². The van der Waals surface area contributed by atoms with Crippen LogP contribution in [0.2, 0.25) is 0 Å². The van der Waals surface area contributed by atoms with Gasteiger partial charge < -0.3 is 5.32 Å². The van der Waals surface area contributed by atoms with Gasteiger partial charge in [0, 0.05) is 17.8 Å². The van der Waals surface area contributed by atoms with E-state index in [1.165, 1.54) is 31.2 Å². The third-order valence-corrected chi connectivity index (χ3v) is 4.86. The first kappa shape index (κ1) is 17.6. The molecule has 132 valence electrons. The number of thiocarbonyl (C=S) groups is 1. The van der Waals surface area contributed by atoms with Gasteiger partial charge >= 0.3 is 0 Å². The summed E-state index contributed by atoms with van der Waals surface area (Å²) in [7, 11) is 0. The van der Waals surface area contributed by atoms with Crippen molar-refractivity contribution in [3.05, 3.63) is 53.9 Å². The molecular formula is C19H25N5S. The predicted octanol–water partition coefficient (Wildman–Crippen LogP) is 3.31. The van der Waals surface area contributed by atoms with E-state index in [2.05, 4.69) is 40.0 Å². The molecule has 1 aliphatic carbocycles. The molecule has 0 bridgehead atoms. The van der Waals surface area contributed by atoms with E-state index < -0.39 is 0 Å². The van der Waals surface area contributed by atoms with E-state index in [1.54, 1.807) is 12.4 Å². The Balaban J connectivity index is 1.46. The van der Waals surface area contributed by atoms with E-state index in [-0.39, 0.29) is 0 Å². The Morgan fingerprint density at radius 2 is 2.12 bits per heavy atom. The van der Waals surface area contributed by atoms with Gasteiger partial charge in [-0.3, -0.25) is 10.1 Å². The van der Waals surface area contributed by atoms with Gasteiger partial charge in [-0.25, -0.2) is 0 Å². The lowest BCUT2D eigenvalue weighted by atomic mass is 9.86.